The summed E-state index contributed by atoms with van der Waals surface area (Å²) in [5.74, 6) is -0.259. The summed E-state index contributed by atoms with van der Waals surface area (Å²) >= 11 is 3.40. The van der Waals surface area contributed by atoms with Crippen molar-refractivity contribution in [2.75, 3.05) is 26.8 Å². The highest BCUT2D eigenvalue weighted by Gasteiger charge is 2.25. The van der Waals surface area contributed by atoms with Crippen LogP contribution in [0.3, 0.4) is 0 Å². The molecule has 2 amide bonds. The van der Waals surface area contributed by atoms with Crippen molar-refractivity contribution in [2.24, 2.45) is 7.05 Å². The van der Waals surface area contributed by atoms with Gasteiger partial charge in [0.25, 0.3) is 5.91 Å². The number of hydrogen-bond acceptors (Lipinski definition) is 3. The molecule has 7 heteroatoms. The molecule has 0 saturated heterocycles. The van der Waals surface area contributed by atoms with Gasteiger partial charge >= 0.3 is 0 Å². The van der Waals surface area contributed by atoms with E-state index >= 15 is 0 Å². The fourth-order valence-electron chi connectivity index (χ4n) is 2.87. The number of hydrogen-bond donors (Lipinski definition) is 0. The minimum atomic E-state index is -0.157. The number of halogens is 1. The number of nitrogens with zero attached hydrogens (tertiary/aromatic N) is 3. The first-order valence-electron chi connectivity index (χ1n) is 9.27. The van der Waals surface area contributed by atoms with Crippen LogP contribution in [0.15, 0.2) is 47.1 Å². The van der Waals surface area contributed by atoms with E-state index in [2.05, 4.69) is 15.9 Å². The molecule has 0 saturated carbocycles. The maximum Gasteiger partial charge on any atom is 0.254 e. The van der Waals surface area contributed by atoms with E-state index in [1.807, 2.05) is 55.9 Å². The molecule has 0 aliphatic rings. The van der Waals surface area contributed by atoms with E-state index in [0.29, 0.717) is 25.3 Å². The van der Waals surface area contributed by atoms with E-state index in [9.17, 15) is 9.59 Å². The molecular weight excluding hydrogens is 422 g/mol. The lowest BCUT2D eigenvalue weighted by molar-refractivity contribution is -0.133. The fourth-order valence-corrected chi connectivity index (χ4v) is 3.27. The smallest absolute Gasteiger partial charge is 0.254 e. The van der Waals surface area contributed by atoms with Gasteiger partial charge in [0, 0.05) is 48.7 Å². The zero-order valence-corrected chi connectivity index (χ0v) is 18.5. The number of amides is 2. The van der Waals surface area contributed by atoms with E-state index in [4.69, 9.17) is 4.74 Å². The van der Waals surface area contributed by atoms with Crippen LogP contribution in [-0.4, -0.2) is 59.0 Å². The molecule has 0 radical (unpaired) electrons. The van der Waals surface area contributed by atoms with Crippen molar-refractivity contribution in [3.05, 3.63) is 58.3 Å². The van der Waals surface area contributed by atoms with Crippen LogP contribution in [0.1, 0.15) is 29.9 Å². The van der Waals surface area contributed by atoms with Crippen molar-refractivity contribution in [1.82, 2.24) is 14.4 Å². The maximum atomic E-state index is 13.1. The number of methoxy groups -OCH3 is 1. The second kappa shape index (κ2) is 10.4. The van der Waals surface area contributed by atoms with Crippen LogP contribution in [0.2, 0.25) is 0 Å². The molecule has 1 heterocycles. The Bertz CT molecular complexity index is 804. The molecule has 0 unspecified atom stereocenters. The predicted octanol–water partition coefficient (Wildman–Crippen LogP) is 3.31. The third-order valence-electron chi connectivity index (χ3n) is 4.58. The molecule has 0 fully saturated rings. The summed E-state index contributed by atoms with van der Waals surface area (Å²) in [5, 5.41) is 0. The summed E-state index contributed by atoms with van der Waals surface area (Å²) in [4.78, 5) is 29.4. The monoisotopic (exact) mass is 449 g/mol. The summed E-state index contributed by atoms with van der Waals surface area (Å²) in [6, 6.07) is 11.1. The van der Waals surface area contributed by atoms with E-state index in [1.54, 1.807) is 29.0 Å². The average Bonchev–Trinajstić information content (AvgIpc) is 3.06. The van der Waals surface area contributed by atoms with E-state index in [-0.39, 0.29) is 24.4 Å². The first-order chi connectivity index (χ1) is 13.3. The SMILES string of the molecule is COCCN(Cc1cccn1C)C(=O)CN(C(=O)c1cccc(Br)c1)C(C)C. The van der Waals surface area contributed by atoms with Gasteiger partial charge in [-0.2, -0.15) is 0 Å². The highest BCUT2D eigenvalue weighted by atomic mass is 79.9. The molecular formula is C21H28BrN3O3. The van der Waals surface area contributed by atoms with E-state index in [0.717, 1.165) is 10.2 Å². The lowest BCUT2D eigenvalue weighted by atomic mass is 10.1. The molecule has 1 aromatic carbocycles. The summed E-state index contributed by atoms with van der Waals surface area (Å²) < 4.78 is 7.99. The van der Waals surface area contributed by atoms with Gasteiger partial charge in [0.1, 0.15) is 6.54 Å². The molecule has 2 rings (SSSR count). The number of carbonyl (C=O) groups is 2. The second-order valence-corrected chi connectivity index (χ2v) is 7.87. The number of aryl methyl sites for hydroxylation is 1. The Balaban J connectivity index is 2.17. The number of benzene rings is 1. The Morgan fingerprint density at radius 3 is 2.54 bits per heavy atom. The van der Waals surface area contributed by atoms with Crippen LogP contribution in [0.25, 0.3) is 0 Å². The molecule has 1 aromatic heterocycles. The standard InChI is InChI=1S/C21H28BrN3O3/c1-16(2)25(21(27)17-7-5-8-18(22)13-17)15-20(26)24(11-12-28-4)14-19-9-6-10-23(19)3/h5-10,13,16H,11-12,14-15H2,1-4H3. The van der Waals surface area contributed by atoms with Gasteiger partial charge < -0.3 is 19.1 Å². The van der Waals surface area contributed by atoms with Crippen LogP contribution >= 0.6 is 15.9 Å². The first-order valence-corrected chi connectivity index (χ1v) is 10.1. The van der Waals surface area contributed by atoms with Crippen LogP contribution in [0.4, 0.5) is 0 Å². The zero-order chi connectivity index (χ0) is 20.7. The fraction of sp³-hybridized carbons (Fsp3) is 0.429. The minimum absolute atomic E-state index is 0.0250. The third-order valence-corrected chi connectivity index (χ3v) is 5.08. The van der Waals surface area contributed by atoms with Gasteiger partial charge in [-0.15, -0.1) is 0 Å². The topological polar surface area (TPSA) is 54.8 Å². The molecule has 0 aliphatic heterocycles. The van der Waals surface area contributed by atoms with Crippen molar-refractivity contribution < 1.29 is 14.3 Å². The number of rotatable bonds is 9. The van der Waals surface area contributed by atoms with Gasteiger partial charge in [-0.05, 0) is 44.2 Å². The van der Waals surface area contributed by atoms with Gasteiger partial charge in [-0.3, -0.25) is 9.59 Å². The maximum absolute atomic E-state index is 13.1. The molecule has 6 nitrogen and oxygen atoms in total. The van der Waals surface area contributed by atoms with Crippen molar-refractivity contribution in [3.8, 4) is 0 Å². The van der Waals surface area contributed by atoms with Gasteiger partial charge in [-0.1, -0.05) is 22.0 Å². The third kappa shape index (κ3) is 5.94. The summed E-state index contributed by atoms with van der Waals surface area (Å²) in [6.07, 6.45) is 1.95. The summed E-state index contributed by atoms with van der Waals surface area (Å²) in [7, 11) is 3.56. The average molecular weight is 450 g/mol. The molecule has 0 N–H and O–H groups in total. The Morgan fingerprint density at radius 1 is 1.21 bits per heavy atom. The van der Waals surface area contributed by atoms with Gasteiger partial charge in [0.15, 0.2) is 0 Å². The Labute approximate surface area is 175 Å². The second-order valence-electron chi connectivity index (χ2n) is 6.96. The quantitative estimate of drug-likeness (QED) is 0.589. The lowest BCUT2D eigenvalue weighted by Crippen LogP contribution is -2.46. The molecule has 0 aliphatic carbocycles. The highest BCUT2D eigenvalue weighted by molar-refractivity contribution is 9.10. The van der Waals surface area contributed by atoms with Gasteiger partial charge in [0.2, 0.25) is 5.91 Å². The van der Waals surface area contributed by atoms with Crippen molar-refractivity contribution >= 4 is 27.7 Å². The van der Waals surface area contributed by atoms with E-state index in [1.165, 1.54) is 0 Å². The van der Waals surface area contributed by atoms with Crippen molar-refractivity contribution in [2.45, 2.75) is 26.4 Å². The molecule has 28 heavy (non-hydrogen) atoms. The molecule has 0 bridgehead atoms. The number of ether oxygens (including phenoxy) is 1. The number of aromatic nitrogens is 1. The summed E-state index contributed by atoms with van der Waals surface area (Å²) in [6.45, 7) is 5.24. The molecule has 0 atom stereocenters. The molecule has 152 valence electrons. The van der Waals surface area contributed by atoms with Gasteiger partial charge in [-0.25, -0.2) is 0 Å². The molecule has 0 spiro atoms. The van der Waals surface area contributed by atoms with E-state index < -0.39 is 0 Å². The van der Waals surface area contributed by atoms with Crippen molar-refractivity contribution in [1.29, 1.82) is 0 Å². The summed E-state index contributed by atoms with van der Waals surface area (Å²) in [5.41, 5.74) is 1.58. The van der Waals surface area contributed by atoms with Crippen LogP contribution in [0.5, 0.6) is 0 Å². The Morgan fingerprint density at radius 2 is 1.96 bits per heavy atom. The lowest BCUT2D eigenvalue weighted by Gasteiger charge is -2.30. The van der Waals surface area contributed by atoms with Crippen LogP contribution < -0.4 is 0 Å². The minimum Gasteiger partial charge on any atom is -0.383 e. The normalized spacial score (nSPS) is 10.9. The predicted molar refractivity (Wildman–Crippen MR) is 113 cm³/mol. The number of carbonyl (C=O) groups excluding carboxylic acids is 2. The first kappa shape index (κ1) is 22.2. The Hall–Kier alpha value is -2.12. The van der Waals surface area contributed by atoms with Crippen LogP contribution in [-0.2, 0) is 23.1 Å². The highest BCUT2D eigenvalue weighted by Crippen LogP contribution is 2.15. The van der Waals surface area contributed by atoms with Gasteiger partial charge in [0.05, 0.1) is 13.2 Å². The Kier molecular flexibility index (Phi) is 8.26. The zero-order valence-electron chi connectivity index (χ0n) is 16.9. The molecule has 2 aromatic rings. The largest absolute Gasteiger partial charge is 0.383 e. The van der Waals surface area contributed by atoms with Crippen molar-refractivity contribution in [3.63, 3.8) is 0 Å². The van der Waals surface area contributed by atoms with Crippen LogP contribution in [0, 0.1) is 0 Å².